The van der Waals surface area contributed by atoms with E-state index >= 15 is 0 Å². The van der Waals surface area contributed by atoms with Gasteiger partial charge in [-0.1, -0.05) is 25.5 Å². The van der Waals surface area contributed by atoms with Crippen LogP contribution < -0.4 is 20.1 Å². The Hall–Kier alpha value is -2.24. The van der Waals surface area contributed by atoms with Crippen LogP contribution in [-0.4, -0.2) is 50.8 Å². The minimum absolute atomic E-state index is 0.364. The van der Waals surface area contributed by atoms with Crippen LogP contribution in [0, 0.1) is 0 Å². The Morgan fingerprint density at radius 2 is 1.72 bits per heavy atom. The van der Waals surface area contributed by atoms with Crippen molar-refractivity contribution >= 4 is 11.4 Å². The summed E-state index contributed by atoms with van der Waals surface area (Å²) in [5.74, 6) is 1.78. The largest absolute Gasteiger partial charge is 0.492 e. The molecular weight excluding hydrogens is 362 g/mol. The van der Waals surface area contributed by atoms with Crippen molar-refractivity contribution in [2.45, 2.75) is 44.7 Å². The van der Waals surface area contributed by atoms with Gasteiger partial charge in [-0.3, -0.25) is 0 Å². The van der Waals surface area contributed by atoms with Crippen LogP contribution in [0.15, 0.2) is 48.5 Å². The molecule has 1 aliphatic rings. The smallest absolute Gasteiger partial charge is 0.121 e. The second-order valence-corrected chi connectivity index (χ2v) is 7.83. The summed E-state index contributed by atoms with van der Waals surface area (Å²) in [5.41, 5.74) is 2.02. The van der Waals surface area contributed by atoms with Crippen LogP contribution in [0.3, 0.4) is 0 Å². The number of hydrogen-bond acceptors (Lipinski definition) is 5. The van der Waals surface area contributed by atoms with Gasteiger partial charge in [0.2, 0.25) is 0 Å². The van der Waals surface area contributed by atoms with Crippen LogP contribution in [0.1, 0.15) is 32.6 Å². The Balaban J connectivity index is 1.56. The number of rotatable bonds is 10. The molecule has 29 heavy (non-hydrogen) atoms. The van der Waals surface area contributed by atoms with Crippen molar-refractivity contribution in [1.82, 2.24) is 10.2 Å². The second kappa shape index (κ2) is 11.1. The Labute approximate surface area is 175 Å². The highest BCUT2D eigenvalue weighted by molar-refractivity contribution is 5.62. The normalized spacial score (nSPS) is 18.2. The van der Waals surface area contributed by atoms with Gasteiger partial charge >= 0.3 is 0 Å². The number of ether oxygens (including phenoxy) is 2. The Kier molecular flexibility index (Phi) is 8.20. The van der Waals surface area contributed by atoms with Gasteiger partial charge in [0, 0.05) is 35.6 Å². The lowest BCUT2D eigenvalue weighted by Gasteiger charge is -2.32. The molecular formula is C24H35N3O2. The van der Waals surface area contributed by atoms with Gasteiger partial charge in [-0.25, -0.2) is 0 Å². The van der Waals surface area contributed by atoms with E-state index in [-0.39, 0.29) is 0 Å². The molecule has 2 aromatic rings. The quantitative estimate of drug-likeness (QED) is 0.610. The van der Waals surface area contributed by atoms with E-state index in [1.54, 1.807) is 0 Å². The zero-order valence-electron chi connectivity index (χ0n) is 18.0. The van der Waals surface area contributed by atoms with Gasteiger partial charge in [-0.15, -0.1) is 0 Å². The Morgan fingerprint density at radius 1 is 1.03 bits per heavy atom. The highest BCUT2D eigenvalue weighted by Gasteiger charge is 2.19. The van der Waals surface area contributed by atoms with Crippen molar-refractivity contribution in [3.05, 3.63) is 48.5 Å². The average Bonchev–Trinajstić information content (AvgIpc) is 2.74. The molecule has 2 N–H and O–H groups in total. The van der Waals surface area contributed by atoms with E-state index < -0.39 is 0 Å². The van der Waals surface area contributed by atoms with Gasteiger partial charge in [0.1, 0.15) is 24.7 Å². The summed E-state index contributed by atoms with van der Waals surface area (Å²) in [6, 6.07) is 17.1. The number of anilines is 2. The molecule has 5 nitrogen and oxygen atoms in total. The fraction of sp³-hybridized carbons (Fsp3) is 0.500. The van der Waals surface area contributed by atoms with Crippen LogP contribution in [0.4, 0.5) is 11.4 Å². The minimum Gasteiger partial charge on any atom is -0.492 e. The zero-order chi connectivity index (χ0) is 20.5. The van der Waals surface area contributed by atoms with E-state index in [9.17, 15) is 0 Å². The molecule has 1 aliphatic heterocycles. The first-order valence-electron chi connectivity index (χ1n) is 10.8. The summed E-state index contributed by atoms with van der Waals surface area (Å²) >= 11 is 0. The predicted molar refractivity (Wildman–Crippen MR) is 121 cm³/mol. The van der Waals surface area contributed by atoms with Crippen LogP contribution >= 0.6 is 0 Å². The van der Waals surface area contributed by atoms with Crippen molar-refractivity contribution in [3.8, 4) is 11.5 Å². The van der Waals surface area contributed by atoms with Gasteiger partial charge in [-0.2, -0.15) is 0 Å². The summed E-state index contributed by atoms with van der Waals surface area (Å²) in [6.45, 7) is 4.73. The molecule has 1 heterocycles. The topological polar surface area (TPSA) is 45.8 Å². The van der Waals surface area contributed by atoms with Gasteiger partial charge in [0.15, 0.2) is 0 Å². The van der Waals surface area contributed by atoms with E-state index in [1.807, 2.05) is 43.4 Å². The maximum Gasteiger partial charge on any atom is 0.121 e. The van der Waals surface area contributed by atoms with Gasteiger partial charge < -0.3 is 25.0 Å². The van der Waals surface area contributed by atoms with Gasteiger partial charge in [0.25, 0.3) is 0 Å². The first kappa shape index (κ1) is 21.5. The molecule has 1 saturated heterocycles. The number of likely N-dealkylation sites (tertiary alicyclic amines) is 1. The number of hydrogen-bond donors (Lipinski definition) is 2. The van der Waals surface area contributed by atoms with Crippen LogP contribution in [0.5, 0.6) is 11.5 Å². The van der Waals surface area contributed by atoms with Crippen molar-refractivity contribution in [1.29, 1.82) is 0 Å². The molecule has 2 atom stereocenters. The van der Waals surface area contributed by atoms with E-state index in [0.717, 1.165) is 35.9 Å². The number of nitrogens with zero attached hydrogens (tertiary/aromatic N) is 1. The number of piperidine rings is 1. The van der Waals surface area contributed by atoms with Crippen molar-refractivity contribution < 1.29 is 9.47 Å². The highest BCUT2D eigenvalue weighted by Crippen LogP contribution is 2.25. The third-order valence-electron chi connectivity index (χ3n) is 5.67. The predicted octanol–water partition coefficient (Wildman–Crippen LogP) is 4.67. The van der Waals surface area contributed by atoms with E-state index in [0.29, 0.717) is 18.7 Å². The van der Waals surface area contributed by atoms with Crippen molar-refractivity contribution in [2.24, 2.45) is 0 Å². The first-order chi connectivity index (χ1) is 14.2. The first-order valence-corrected chi connectivity index (χ1v) is 10.8. The Morgan fingerprint density at radius 3 is 2.34 bits per heavy atom. The molecule has 0 spiro atoms. The summed E-state index contributed by atoms with van der Waals surface area (Å²) in [4.78, 5) is 2.41. The molecule has 0 aliphatic carbocycles. The maximum absolute atomic E-state index is 6.09. The molecule has 0 radical (unpaired) electrons. The summed E-state index contributed by atoms with van der Waals surface area (Å²) in [6.07, 6.45) is 4.85. The van der Waals surface area contributed by atoms with Crippen molar-refractivity contribution in [3.63, 3.8) is 0 Å². The van der Waals surface area contributed by atoms with Crippen LogP contribution in [0.2, 0.25) is 0 Å². The molecule has 2 unspecified atom stereocenters. The monoisotopic (exact) mass is 397 g/mol. The molecule has 1 fully saturated rings. The SMILES string of the molecule is CCC(COc1cccc(Nc2cccc(OCC3CCCCN3C)c2)c1)NC. The fourth-order valence-electron chi connectivity index (χ4n) is 3.64. The van der Waals surface area contributed by atoms with Gasteiger partial charge in [0.05, 0.1) is 0 Å². The van der Waals surface area contributed by atoms with Crippen LogP contribution in [0.25, 0.3) is 0 Å². The molecule has 158 valence electrons. The third kappa shape index (κ3) is 6.65. The Bertz CT molecular complexity index is 748. The molecule has 0 amide bonds. The van der Waals surface area contributed by atoms with E-state index in [2.05, 4.69) is 41.6 Å². The lowest BCUT2D eigenvalue weighted by Crippen LogP contribution is -2.40. The summed E-state index contributed by atoms with van der Waals surface area (Å²) in [5, 5.41) is 6.72. The number of nitrogens with one attached hydrogen (secondary N) is 2. The number of benzene rings is 2. The zero-order valence-corrected chi connectivity index (χ0v) is 18.0. The molecule has 5 heteroatoms. The average molecular weight is 398 g/mol. The lowest BCUT2D eigenvalue weighted by atomic mass is 10.0. The summed E-state index contributed by atoms with van der Waals surface area (Å²) in [7, 11) is 4.16. The minimum atomic E-state index is 0.364. The van der Waals surface area contributed by atoms with Gasteiger partial charge in [-0.05, 0) is 64.2 Å². The standard InChI is InChI=1S/C24H35N3O2/c1-4-19(25-2)17-28-23-12-7-9-20(15-23)26-21-10-8-13-24(16-21)29-18-22-11-5-6-14-27(22)3/h7-10,12-13,15-16,19,22,25-26H,4-6,11,14,17-18H2,1-3H3. The lowest BCUT2D eigenvalue weighted by molar-refractivity contribution is 0.125. The molecule has 0 aromatic heterocycles. The molecule has 2 aromatic carbocycles. The molecule has 3 rings (SSSR count). The van der Waals surface area contributed by atoms with E-state index in [1.165, 1.54) is 25.8 Å². The third-order valence-corrected chi connectivity index (χ3v) is 5.67. The summed E-state index contributed by atoms with van der Waals surface area (Å²) < 4.78 is 12.0. The fourth-order valence-corrected chi connectivity index (χ4v) is 3.64. The van der Waals surface area contributed by atoms with Crippen LogP contribution in [-0.2, 0) is 0 Å². The maximum atomic E-state index is 6.09. The van der Waals surface area contributed by atoms with E-state index in [4.69, 9.17) is 9.47 Å². The highest BCUT2D eigenvalue weighted by atomic mass is 16.5. The molecule has 0 saturated carbocycles. The van der Waals surface area contributed by atoms with Crippen molar-refractivity contribution in [2.75, 3.05) is 39.2 Å². The number of likely N-dealkylation sites (N-methyl/N-ethyl adjacent to an activating group) is 2. The molecule has 0 bridgehead atoms. The second-order valence-electron chi connectivity index (χ2n) is 7.83.